The molecule has 166 valence electrons. The second-order valence-electron chi connectivity index (χ2n) is 8.18. The lowest BCUT2D eigenvalue weighted by Gasteiger charge is -2.27. The van der Waals surface area contributed by atoms with Crippen LogP contribution in [0.25, 0.3) is 0 Å². The Bertz CT molecular complexity index is 911. The standard InChI is InChI=1S/C27H28NO2P.BrH/c29-26(28-27(30)22-19-20-22)18-10-11-21-31(23-12-4-1-5-13-23,24-14-6-2-7-15-24)25-16-8-3-9-17-25;/h1-9,12-17,22H,10-11,18-21H2;1H. The lowest BCUT2D eigenvalue weighted by molar-refractivity contribution is -0.131. The lowest BCUT2D eigenvalue weighted by Crippen LogP contribution is -3.00. The van der Waals surface area contributed by atoms with E-state index in [0.717, 1.165) is 31.8 Å². The van der Waals surface area contributed by atoms with E-state index in [1.807, 2.05) is 0 Å². The highest BCUT2D eigenvalue weighted by Crippen LogP contribution is 2.55. The monoisotopic (exact) mass is 509 g/mol. The Labute approximate surface area is 201 Å². The Balaban J connectivity index is 0.00000289. The molecule has 0 heterocycles. The van der Waals surface area contributed by atoms with Gasteiger partial charge in [0, 0.05) is 12.3 Å². The summed E-state index contributed by atoms with van der Waals surface area (Å²) in [5.41, 5.74) is 0. The van der Waals surface area contributed by atoms with Crippen molar-refractivity contribution in [2.75, 3.05) is 6.16 Å². The molecule has 2 amide bonds. The minimum absolute atomic E-state index is 0. The molecule has 5 heteroatoms. The first-order valence-corrected chi connectivity index (χ1v) is 13.1. The molecule has 0 saturated heterocycles. The van der Waals surface area contributed by atoms with Crippen molar-refractivity contribution < 1.29 is 26.6 Å². The fourth-order valence-electron chi connectivity index (χ4n) is 4.16. The predicted molar refractivity (Wildman–Crippen MR) is 130 cm³/mol. The van der Waals surface area contributed by atoms with Gasteiger partial charge in [-0.3, -0.25) is 14.9 Å². The van der Waals surface area contributed by atoms with Crippen LogP contribution in [-0.2, 0) is 9.59 Å². The smallest absolute Gasteiger partial charge is 0.229 e. The van der Waals surface area contributed by atoms with Crippen molar-refractivity contribution >= 4 is 35.0 Å². The van der Waals surface area contributed by atoms with Gasteiger partial charge in [0.2, 0.25) is 11.8 Å². The third kappa shape index (κ3) is 5.74. The highest BCUT2D eigenvalue weighted by atomic mass is 79.9. The number of carbonyl (C=O) groups is 2. The van der Waals surface area contributed by atoms with E-state index in [1.165, 1.54) is 15.9 Å². The maximum atomic E-state index is 12.2. The summed E-state index contributed by atoms with van der Waals surface area (Å²) in [6, 6.07) is 32.4. The van der Waals surface area contributed by atoms with E-state index < -0.39 is 7.26 Å². The van der Waals surface area contributed by atoms with Crippen molar-refractivity contribution in [2.45, 2.75) is 32.1 Å². The van der Waals surface area contributed by atoms with Gasteiger partial charge in [-0.25, -0.2) is 0 Å². The molecule has 3 aromatic rings. The van der Waals surface area contributed by atoms with Gasteiger partial charge in [0.25, 0.3) is 0 Å². The Morgan fingerprint density at radius 2 is 1.16 bits per heavy atom. The van der Waals surface area contributed by atoms with Crippen LogP contribution < -0.4 is 38.2 Å². The first-order chi connectivity index (χ1) is 15.2. The SMILES string of the molecule is O=C(CCCC[P+](c1ccccc1)(c1ccccc1)c1ccccc1)NC(=O)C1CC1.[Br-]. The van der Waals surface area contributed by atoms with E-state index >= 15 is 0 Å². The number of benzene rings is 3. The van der Waals surface area contributed by atoms with Crippen LogP contribution in [-0.4, -0.2) is 18.0 Å². The quantitative estimate of drug-likeness (QED) is 0.348. The largest absolute Gasteiger partial charge is 1.00 e. The van der Waals surface area contributed by atoms with Crippen molar-refractivity contribution in [1.82, 2.24) is 5.32 Å². The summed E-state index contributed by atoms with van der Waals surface area (Å²) in [6.45, 7) is 0. The fraction of sp³-hybridized carbons (Fsp3) is 0.259. The maximum Gasteiger partial charge on any atom is 0.229 e. The number of nitrogens with one attached hydrogen (secondary N) is 1. The van der Waals surface area contributed by atoms with Crippen LogP contribution in [0, 0.1) is 5.92 Å². The van der Waals surface area contributed by atoms with Crippen LogP contribution in [0.3, 0.4) is 0 Å². The Hall–Kier alpha value is -2.29. The average molecular weight is 510 g/mol. The van der Waals surface area contributed by atoms with Crippen molar-refractivity contribution in [3.05, 3.63) is 91.0 Å². The molecule has 32 heavy (non-hydrogen) atoms. The normalized spacial score (nSPS) is 13.1. The van der Waals surface area contributed by atoms with Gasteiger partial charge in [0.15, 0.2) is 0 Å². The zero-order valence-electron chi connectivity index (χ0n) is 18.1. The molecule has 4 rings (SSSR count). The van der Waals surface area contributed by atoms with E-state index in [0.29, 0.717) is 6.42 Å². The van der Waals surface area contributed by atoms with Crippen molar-refractivity contribution in [3.63, 3.8) is 0 Å². The first-order valence-electron chi connectivity index (χ1n) is 11.1. The van der Waals surface area contributed by atoms with E-state index in [4.69, 9.17) is 0 Å². The van der Waals surface area contributed by atoms with E-state index in [9.17, 15) is 9.59 Å². The zero-order chi connectivity index (χ0) is 21.5. The van der Waals surface area contributed by atoms with Crippen LogP contribution in [0.5, 0.6) is 0 Å². The van der Waals surface area contributed by atoms with Gasteiger partial charge in [-0.1, -0.05) is 54.6 Å². The highest BCUT2D eigenvalue weighted by Gasteiger charge is 2.44. The number of carbonyl (C=O) groups excluding carboxylic acids is 2. The van der Waals surface area contributed by atoms with Crippen molar-refractivity contribution in [2.24, 2.45) is 5.92 Å². The van der Waals surface area contributed by atoms with Gasteiger partial charge in [-0.2, -0.15) is 0 Å². The average Bonchev–Trinajstić information content (AvgIpc) is 3.67. The molecule has 1 fully saturated rings. The molecule has 1 N–H and O–H groups in total. The molecule has 0 spiro atoms. The minimum Gasteiger partial charge on any atom is -1.00 e. The van der Waals surface area contributed by atoms with Crippen LogP contribution in [0.15, 0.2) is 91.0 Å². The molecule has 0 aliphatic heterocycles. The number of hydrogen-bond donors (Lipinski definition) is 1. The van der Waals surface area contributed by atoms with E-state index in [2.05, 4.69) is 96.3 Å². The molecule has 3 aromatic carbocycles. The van der Waals surface area contributed by atoms with Crippen LogP contribution in [0.4, 0.5) is 0 Å². The summed E-state index contributed by atoms with van der Waals surface area (Å²) in [7, 11) is -1.85. The molecule has 1 saturated carbocycles. The maximum absolute atomic E-state index is 12.2. The fourth-order valence-corrected chi connectivity index (χ4v) is 8.57. The molecule has 3 nitrogen and oxygen atoms in total. The molecule has 1 aliphatic rings. The second-order valence-corrected chi connectivity index (χ2v) is 11.8. The van der Waals surface area contributed by atoms with Crippen LogP contribution in [0.2, 0.25) is 0 Å². The molecular formula is C27H29BrNO2P. The minimum atomic E-state index is -1.85. The van der Waals surface area contributed by atoms with E-state index in [-0.39, 0.29) is 34.7 Å². The summed E-state index contributed by atoms with van der Waals surface area (Å²) in [5.74, 6) is -0.165. The second kappa shape index (κ2) is 11.5. The third-order valence-corrected chi connectivity index (χ3v) is 10.5. The van der Waals surface area contributed by atoms with Gasteiger partial charge in [-0.05, 0) is 62.1 Å². The number of halogens is 1. The topological polar surface area (TPSA) is 46.2 Å². The summed E-state index contributed by atoms with van der Waals surface area (Å²) >= 11 is 0. The van der Waals surface area contributed by atoms with Crippen molar-refractivity contribution in [3.8, 4) is 0 Å². The lowest BCUT2D eigenvalue weighted by atomic mass is 10.2. The Morgan fingerprint density at radius 1 is 0.719 bits per heavy atom. The van der Waals surface area contributed by atoms with Gasteiger partial charge in [-0.15, -0.1) is 0 Å². The van der Waals surface area contributed by atoms with Crippen molar-refractivity contribution in [1.29, 1.82) is 0 Å². The summed E-state index contributed by atoms with van der Waals surface area (Å²) in [5, 5.41) is 6.65. The van der Waals surface area contributed by atoms with Gasteiger partial charge in [0.1, 0.15) is 23.2 Å². The molecule has 0 atom stereocenters. The molecule has 0 aromatic heterocycles. The number of rotatable bonds is 9. The molecule has 0 bridgehead atoms. The van der Waals surface area contributed by atoms with Gasteiger partial charge < -0.3 is 17.0 Å². The molecule has 0 unspecified atom stereocenters. The summed E-state index contributed by atoms with van der Waals surface area (Å²) in [6.07, 6.45) is 4.93. The molecule has 0 radical (unpaired) electrons. The third-order valence-electron chi connectivity index (χ3n) is 5.95. The number of amides is 2. The number of imide groups is 1. The number of hydrogen-bond acceptors (Lipinski definition) is 2. The number of unbranched alkanes of at least 4 members (excludes halogenated alkanes) is 1. The van der Waals surface area contributed by atoms with Gasteiger partial charge in [0.05, 0.1) is 6.16 Å². The predicted octanol–water partition coefficient (Wildman–Crippen LogP) is 1.21. The highest BCUT2D eigenvalue weighted by molar-refractivity contribution is 7.95. The first kappa shape index (κ1) is 24.4. The van der Waals surface area contributed by atoms with Crippen LogP contribution in [0.1, 0.15) is 32.1 Å². The molecular weight excluding hydrogens is 481 g/mol. The van der Waals surface area contributed by atoms with Gasteiger partial charge >= 0.3 is 0 Å². The van der Waals surface area contributed by atoms with E-state index in [1.54, 1.807) is 0 Å². The molecule has 1 aliphatic carbocycles. The zero-order valence-corrected chi connectivity index (χ0v) is 20.6. The Kier molecular flexibility index (Phi) is 8.78. The van der Waals surface area contributed by atoms with Crippen LogP contribution >= 0.6 is 7.26 Å². The Morgan fingerprint density at radius 3 is 1.56 bits per heavy atom. The summed E-state index contributed by atoms with van der Waals surface area (Å²) < 4.78 is 0. The summed E-state index contributed by atoms with van der Waals surface area (Å²) in [4.78, 5) is 24.0.